The molecule has 3 aromatic rings. The summed E-state index contributed by atoms with van der Waals surface area (Å²) in [6, 6.07) is 7.72. The third-order valence-corrected chi connectivity index (χ3v) is 5.00. The fourth-order valence-electron chi connectivity index (χ4n) is 2.60. The minimum Gasteiger partial charge on any atom is -0.456 e. The van der Waals surface area contributed by atoms with Crippen LogP contribution in [0.15, 0.2) is 30.5 Å². The molecular formula is C18H19N3O3S. The number of hydrogen-bond donors (Lipinski definition) is 2. The Balaban J connectivity index is 1.97. The normalized spacial score (nSPS) is 11.0. The molecule has 130 valence electrons. The molecule has 0 saturated heterocycles. The first kappa shape index (κ1) is 17.2. The fraction of sp³-hybridized carbons (Fsp3) is 0.222. The van der Waals surface area contributed by atoms with Crippen LogP contribution < -0.4 is 16.2 Å². The molecule has 0 atom stereocenters. The first-order valence-electron chi connectivity index (χ1n) is 7.74. The number of nitrogens with two attached hydrogens (primary N) is 2. The van der Waals surface area contributed by atoms with Gasteiger partial charge in [-0.2, -0.15) is 0 Å². The second-order valence-electron chi connectivity index (χ2n) is 5.64. The Labute approximate surface area is 149 Å². The molecule has 3 rings (SSSR count). The molecular weight excluding hydrogens is 338 g/mol. The van der Waals surface area contributed by atoms with E-state index in [4.69, 9.17) is 20.9 Å². The van der Waals surface area contributed by atoms with Gasteiger partial charge in [0.2, 0.25) is 0 Å². The number of methoxy groups -OCH3 is 1. The summed E-state index contributed by atoms with van der Waals surface area (Å²) in [4.78, 5) is 16.7. The molecule has 0 saturated carbocycles. The van der Waals surface area contributed by atoms with Crippen LogP contribution in [0.4, 0.5) is 5.69 Å². The first-order chi connectivity index (χ1) is 12.0. The molecule has 0 aliphatic heterocycles. The number of primary amides is 1. The number of benzene rings is 1. The Bertz CT molecular complexity index is 937. The zero-order chi connectivity index (χ0) is 18.0. The van der Waals surface area contributed by atoms with Crippen molar-refractivity contribution in [3.63, 3.8) is 0 Å². The number of fused-ring (bicyclic) bond motifs is 1. The molecule has 1 amide bonds. The summed E-state index contributed by atoms with van der Waals surface area (Å²) in [6.07, 6.45) is 2.47. The van der Waals surface area contributed by atoms with Crippen molar-refractivity contribution >= 4 is 33.1 Å². The summed E-state index contributed by atoms with van der Waals surface area (Å²) >= 11 is 1.17. The van der Waals surface area contributed by atoms with Crippen LogP contribution in [-0.2, 0) is 11.2 Å². The molecule has 4 N–H and O–H groups in total. The van der Waals surface area contributed by atoms with Gasteiger partial charge in [0.1, 0.15) is 21.2 Å². The number of carbonyl (C=O) groups is 1. The Morgan fingerprint density at radius 1 is 1.28 bits per heavy atom. The number of amides is 1. The molecule has 2 aromatic heterocycles. The van der Waals surface area contributed by atoms with Crippen molar-refractivity contribution in [2.75, 3.05) is 19.5 Å². The molecule has 0 unspecified atom stereocenters. The van der Waals surface area contributed by atoms with Crippen LogP contribution in [0.3, 0.4) is 0 Å². The molecule has 0 spiro atoms. The second kappa shape index (κ2) is 7.08. The van der Waals surface area contributed by atoms with Crippen LogP contribution in [0.1, 0.15) is 20.8 Å². The quantitative estimate of drug-likeness (QED) is 0.705. The van der Waals surface area contributed by atoms with Crippen molar-refractivity contribution in [2.45, 2.75) is 13.3 Å². The lowest BCUT2D eigenvalue weighted by Crippen LogP contribution is -2.10. The Kier molecular flexibility index (Phi) is 4.87. The molecule has 0 fully saturated rings. The number of rotatable bonds is 6. The lowest BCUT2D eigenvalue weighted by Gasteiger charge is -2.11. The molecule has 0 bridgehead atoms. The fourth-order valence-corrected chi connectivity index (χ4v) is 3.54. The molecule has 2 heterocycles. The number of thiophene rings is 1. The van der Waals surface area contributed by atoms with Gasteiger partial charge >= 0.3 is 0 Å². The summed E-state index contributed by atoms with van der Waals surface area (Å²) < 4.78 is 11.2. The smallest absolute Gasteiger partial charge is 0.260 e. The third kappa shape index (κ3) is 3.42. The summed E-state index contributed by atoms with van der Waals surface area (Å²) in [5, 5.41) is 0.615. The van der Waals surface area contributed by atoms with Gasteiger partial charge in [-0.25, -0.2) is 4.98 Å². The van der Waals surface area contributed by atoms with Gasteiger partial charge in [-0.15, -0.1) is 11.3 Å². The van der Waals surface area contributed by atoms with Crippen LogP contribution in [0.25, 0.3) is 10.2 Å². The number of aromatic nitrogens is 1. The van der Waals surface area contributed by atoms with E-state index in [1.807, 2.05) is 19.1 Å². The lowest BCUT2D eigenvalue weighted by molar-refractivity contribution is 0.100. The number of pyridine rings is 1. The van der Waals surface area contributed by atoms with Crippen LogP contribution >= 0.6 is 11.3 Å². The maximum absolute atomic E-state index is 11.5. The number of anilines is 1. The highest BCUT2D eigenvalue weighted by molar-refractivity contribution is 7.21. The van der Waals surface area contributed by atoms with Crippen LogP contribution in [0, 0.1) is 6.92 Å². The van der Waals surface area contributed by atoms with E-state index in [2.05, 4.69) is 11.1 Å². The standard InChI is InChI=1S/C18H19N3O3S/c1-10-9-11(6-8-23-2)3-4-12(10)24-13-5-7-21-18-14(13)15(19)16(25-18)17(20)22/h3-5,7,9H,6,8,19H2,1-2H3,(H2,20,22). The largest absolute Gasteiger partial charge is 0.456 e. The van der Waals surface area contributed by atoms with Gasteiger partial charge in [-0.3, -0.25) is 4.79 Å². The van der Waals surface area contributed by atoms with E-state index in [-0.39, 0.29) is 0 Å². The molecule has 7 heteroatoms. The molecule has 25 heavy (non-hydrogen) atoms. The van der Waals surface area contributed by atoms with Crippen LogP contribution in [0.5, 0.6) is 11.5 Å². The van der Waals surface area contributed by atoms with Crippen molar-refractivity contribution in [1.29, 1.82) is 0 Å². The average molecular weight is 357 g/mol. The Morgan fingerprint density at radius 3 is 2.76 bits per heavy atom. The van der Waals surface area contributed by atoms with E-state index < -0.39 is 5.91 Å². The minimum atomic E-state index is -0.565. The van der Waals surface area contributed by atoms with E-state index in [1.165, 1.54) is 16.9 Å². The summed E-state index contributed by atoms with van der Waals surface area (Å²) in [6.45, 7) is 2.65. The van der Waals surface area contributed by atoms with Crippen LogP contribution in [0.2, 0.25) is 0 Å². The SMILES string of the molecule is COCCc1ccc(Oc2ccnc3sc(C(N)=O)c(N)c23)c(C)c1. The highest BCUT2D eigenvalue weighted by Gasteiger charge is 2.19. The van der Waals surface area contributed by atoms with Gasteiger partial charge in [-0.1, -0.05) is 12.1 Å². The molecule has 1 aromatic carbocycles. The van der Waals surface area contributed by atoms with Gasteiger partial charge in [0.05, 0.1) is 17.7 Å². The van der Waals surface area contributed by atoms with Crippen molar-refractivity contribution in [1.82, 2.24) is 4.98 Å². The van der Waals surface area contributed by atoms with Gasteiger partial charge in [-0.05, 0) is 36.6 Å². The van der Waals surface area contributed by atoms with Gasteiger partial charge in [0.25, 0.3) is 5.91 Å². The van der Waals surface area contributed by atoms with Crippen molar-refractivity contribution in [3.8, 4) is 11.5 Å². The van der Waals surface area contributed by atoms with Gasteiger partial charge in [0.15, 0.2) is 0 Å². The Morgan fingerprint density at radius 2 is 2.08 bits per heavy atom. The maximum Gasteiger partial charge on any atom is 0.260 e. The number of hydrogen-bond acceptors (Lipinski definition) is 6. The Hall–Kier alpha value is -2.64. The first-order valence-corrected chi connectivity index (χ1v) is 8.56. The zero-order valence-electron chi connectivity index (χ0n) is 14.0. The number of carbonyl (C=O) groups excluding carboxylic acids is 1. The minimum absolute atomic E-state index is 0.296. The monoisotopic (exact) mass is 357 g/mol. The predicted octanol–water partition coefficient (Wildman–Crippen LogP) is 3.27. The maximum atomic E-state index is 11.5. The molecule has 0 radical (unpaired) electrons. The number of nitrogen functional groups attached to an aromatic ring is 1. The van der Waals surface area contributed by atoms with E-state index in [0.717, 1.165) is 17.7 Å². The van der Waals surface area contributed by atoms with E-state index in [1.54, 1.807) is 19.4 Å². The van der Waals surface area contributed by atoms with Gasteiger partial charge < -0.3 is 20.9 Å². The highest BCUT2D eigenvalue weighted by Crippen LogP contribution is 2.40. The van der Waals surface area contributed by atoms with E-state index in [0.29, 0.717) is 33.1 Å². The molecule has 0 aliphatic rings. The summed E-state index contributed by atoms with van der Waals surface area (Å²) in [5.74, 6) is 0.712. The third-order valence-electron chi connectivity index (χ3n) is 3.87. The van der Waals surface area contributed by atoms with Crippen molar-refractivity contribution in [3.05, 3.63) is 46.5 Å². The average Bonchev–Trinajstić information content (AvgIpc) is 2.93. The molecule has 6 nitrogen and oxygen atoms in total. The van der Waals surface area contributed by atoms with Crippen LogP contribution in [-0.4, -0.2) is 24.6 Å². The lowest BCUT2D eigenvalue weighted by atomic mass is 10.1. The molecule has 0 aliphatic carbocycles. The second-order valence-corrected chi connectivity index (χ2v) is 6.64. The van der Waals surface area contributed by atoms with Crippen molar-refractivity contribution in [2.24, 2.45) is 5.73 Å². The van der Waals surface area contributed by atoms with E-state index in [9.17, 15) is 4.79 Å². The topological polar surface area (TPSA) is 100 Å². The summed E-state index contributed by atoms with van der Waals surface area (Å²) in [7, 11) is 1.69. The van der Waals surface area contributed by atoms with E-state index >= 15 is 0 Å². The highest BCUT2D eigenvalue weighted by atomic mass is 32.1. The number of ether oxygens (including phenoxy) is 2. The summed E-state index contributed by atoms with van der Waals surface area (Å²) in [5.41, 5.74) is 14.0. The number of aryl methyl sites for hydroxylation is 1. The predicted molar refractivity (Wildman–Crippen MR) is 99.4 cm³/mol. The zero-order valence-corrected chi connectivity index (χ0v) is 14.9. The van der Waals surface area contributed by atoms with Gasteiger partial charge in [0, 0.05) is 13.3 Å². The number of nitrogens with zero attached hydrogens (tertiary/aromatic N) is 1. The van der Waals surface area contributed by atoms with Crippen molar-refractivity contribution < 1.29 is 14.3 Å².